The first-order chi connectivity index (χ1) is 8.66. The SMILES string of the molecule is CC(C)C(=O)Nc1ccnn1Cc1ccccn1. The summed E-state index contributed by atoms with van der Waals surface area (Å²) in [5, 5.41) is 7.03. The molecule has 0 spiro atoms. The normalized spacial score (nSPS) is 10.6. The number of carbonyl (C=O) groups is 1. The second-order valence-corrected chi connectivity index (χ2v) is 4.34. The number of amides is 1. The van der Waals surface area contributed by atoms with Crippen molar-refractivity contribution in [3.8, 4) is 0 Å². The molecule has 0 saturated carbocycles. The third kappa shape index (κ3) is 2.94. The predicted molar refractivity (Wildman–Crippen MR) is 69.0 cm³/mol. The van der Waals surface area contributed by atoms with E-state index in [1.807, 2.05) is 32.0 Å². The molecule has 0 atom stereocenters. The van der Waals surface area contributed by atoms with E-state index in [1.165, 1.54) is 0 Å². The van der Waals surface area contributed by atoms with Crippen LogP contribution >= 0.6 is 0 Å². The van der Waals surface area contributed by atoms with Crippen LogP contribution in [0.5, 0.6) is 0 Å². The van der Waals surface area contributed by atoms with Gasteiger partial charge in [-0.3, -0.25) is 9.78 Å². The van der Waals surface area contributed by atoms with E-state index in [0.717, 1.165) is 5.69 Å². The summed E-state index contributed by atoms with van der Waals surface area (Å²) in [4.78, 5) is 15.9. The fourth-order valence-corrected chi connectivity index (χ4v) is 1.48. The van der Waals surface area contributed by atoms with Gasteiger partial charge in [0.2, 0.25) is 5.91 Å². The molecule has 0 aliphatic rings. The Morgan fingerprint density at radius 2 is 2.17 bits per heavy atom. The lowest BCUT2D eigenvalue weighted by molar-refractivity contribution is -0.118. The van der Waals surface area contributed by atoms with Crippen molar-refractivity contribution in [2.75, 3.05) is 5.32 Å². The second-order valence-electron chi connectivity index (χ2n) is 4.34. The second kappa shape index (κ2) is 5.44. The first kappa shape index (κ1) is 12.3. The Morgan fingerprint density at radius 1 is 1.33 bits per heavy atom. The van der Waals surface area contributed by atoms with Crippen molar-refractivity contribution < 1.29 is 4.79 Å². The van der Waals surface area contributed by atoms with Crippen LogP contribution in [0.1, 0.15) is 19.5 Å². The largest absolute Gasteiger partial charge is 0.311 e. The lowest BCUT2D eigenvalue weighted by atomic mass is 10.2. The summed E-state index contributed by atoms with van der Waals surface area (Å²) in [6.45, 7) is 4.26. The van der Waals surface area contributed by atoms with Crippen LogP contribution in [0.25, 0.3) is 0 Å². The molecule has 0 aliphatic carbocycles. The minimum absolute atomic E-state index is 0.0160. The first-order valence-corrected chi connectivity index (χ1v) is 5.89. The Bertz CT molecular complexity index is 519. The maximum atomic E-state index is 11.6. The maximum absolute atomic E-state index is 11.6. The topological polar surface area (TPSA) is 59.8 Å². The van der Waals surface area contributed by atoms with E-state index in [2.05, 4.69) is 15.4 Å². The predicted octanol–water partition coefficient (Wildman–Crippen LogP) is 1.92. The van der Waals surface area contributed by atoms with Gasteiger partial charge in [-0.15, -0.1) is 0 Å². The van der Waals surface area contributed by atoms with Gasteiger partial charge in [0.15, 0.2) is 0 Å². The number of carbonyl (C=O) groups excluding carboxylic acids is 1. The zero-order valence-corrected chi connectivity index (χ0v) is 10.5. The first-order valence-electron chi connectivity index (χ1n) is 5.89. The molecule has 1 amide bonds. The molecular formula is C13H16N4O. The molecule has 1 N–H and O–H groups in total. The molecule has 0 fully saturated rings. The molecule has 5 nitrogen and oxygen atoms in total. The highest BCUT2D eigenvalue weighted by Crippen LogP contribution is 2.10. The number of rotatable bonds is 4. The smallest absolute Gasteiger partial charge is 0.228 e. The van der Waals surface area contributed by atoms with Gasteiger partial charge < -0.3 is 5.32 Å². The summed E-state index contributed by atoms with van der Waals surface area (Å²) in [6.07, 6.45) is 3.41. The molecule has 2 aromatic heterocycles. The monoisotopic (exact) mass is 244 g/mol. The Morgan fingerprint density at radius 3 is 2.83 bits per heavy atom. The van der Waals surface area contributed by atoms with Gasteiger partial charge in [-0.2, -0.15) is 5.10 Å². The summed E-state index contributed by atoms with van der Waals surface area (Å²) < 4.78 is 1.72. The molecule has 0 bridgehead atoms. The zero-order chi connectivity index (χ0) is 13.0. The number of hydrogen-bond donors (Lipinski definition) is 1. The average Bonchev–Trinajstić information content (AvgIpc) is 2.78. The molecule has 2 aromatic rings. The average molecular weight is 244 g/mol. The summed E-state index contributed by atoms with van der Waals surface area (Å²) >= 11 is 0. The highest BCUT2D eigenvalue weighted by Gasteiger charge is 2.10. The van der Waals surface area contributed by atoms with E-state index in [1.54, 1.807) is 23.1 Å². The third-order valence-corrected chi connectivity index (χ3v) is 2.53. The van der Waals surface area contributed by atoms with Gasteiger partial charge in [0, 0.05) is 18.2 Å². The number of pyridine rings is 1. The van der Waals surface area contributed by atoms with Crippen molar-refractivity contribution in [2.24, 2.45) is 5.92 Å². The highest BCUT2D eigenvalue weighted by atomic mass is 16.1. The molecule has 18 heavy (non-hydrogen) atoms. The summed E-state index contributed by atoms with van der Waals surface area (Å²) in [5.74, 6) is 0.625. The Kier molecular flexibility index (Phi) is 3.72. The van der Waals surface area contributed by atoms with Crippen LogP contribution in [0.4, 0.5) is 5.82 Å². The molecular weight excluding hydrogens is 228 g/mol. The molecule has 2 rings (SSSR count). The van der Waals surface area contributed by atoms with Crippen LogP contribution in [-0.2, 0) is 11.3 Å². The number of nitrogens with zero attached hydrogens (tertiary/aromatic N) is 3. The van der Waals surface area contributed by atoms with Gasteiger partial charge in [0.05, 0.1) is 18.4 Å². The van der Waals surface area contributed by atoms with E-state index in [-0.39, 0.29) is 11.8 Å². The molecule has 0 unspecified atom stereocenters. The van der Waals surface area contributed by atoms with E-state index in [4.69, 9.17) is 0 Å². The van der Waals surface area contributed by atoms with E-state index in [0.29, 0.717) is 12.4 Å². The molecule has 2 heterocycles. The van der Waals surface area contributed by atoms with Crippen molar-refractivity contribution in [3.05, 3.63) is 42.4 Å². The van der Waals surface area contributed by atoms with Gasteiger partial charge in [-0.25, -0.2) is 4.68 Å². The minimum atomic E-state index is -0.0526. The Balaban J connectivity index is 2.11. The molecule has 0 aromatic carbocycles. The van der Waals surface area contributed by atoms with Gasteiger partial charge in [-0.1, -0.05) is 19.9 Å². The molecule has 0 aliphatic heterocycles. The van der Waals surface area contributed by atoms with Crippen LogP contribution in [0.15, 0.2) is 36.7 Å². The summed E-state index contributed by atoms with van der Waals surface area (Å²) in [5.41, 5.74) is 0.904. The lowest BCUT2D eigenvalue weighted by Gasteiger charge is -2.10. The molecule has 94 valence electrons. The van der Waals surface area contributed by atoms with Crippen LogP contribution in [0, 0.1) is 5.92 Å². The van der Waals surface area contributed by atoms with Gasteiger partial charge >= 0.3 is 0 Å². The Labute approximate surface area is 106 Å². The van der Waals surface area contributed by atoms with Crippen LogP contribution in [0.2, 0.25) is 0 Å². The fourth-order valence-electron chi connectivity index (χ4n) is 1.48. The van der Waals surface area contributed by atoms with Gasteiger partial charge in [-0.05, 0) is 12.1 Å². The van der Waals surface area contributed by atoms with E-state index >= 15 is 0 Å². The molecule has 0 radical (unpaired) electrons. The lowest BCUT2D eigenvalue weighted by Crippen LogP contribution is -2.20. The van der Waals surface area contributed by atoms with Crippen molar-refractivity contribution in [3.63, 3.8) is 0 Å². The quantitative estimate of drug-likeness (QED) is 0.893. The van der Waals surface area contributed by atoms with Crippen molar-refractivity contribution in [1.82, 2.24) is 14.8 Å². The highest BCUT2D eigenvalue weighted by molar-refractivity contribution is 5.91. The van der Waals surface area contributed by atoms with E-state index in [9.17, 15) is 4.79 Å². The number of anilines is 1. The zero-order valence-electron chi connectivity index (χ0n) is 10.5. The number of hydrogen-bond acceptors (Lipinski definition) is 3. The fraction of sp³-hybridized carbons (Fsp3) is 0.308. The number of aromatic nitrogens is 3. The molecule has 5 heteroatoms. The van der Waals surface area contributed by atoms with E-state index < -0.39 is 0 Å². The summed E-state index contributed by atoms with van der Waals surface area (Å²) in [7, 11) is 0. The standard InChI is InChI=1S/C13H16N4O/c1-10(2)13(18)16-12-6-8-15-17(12)9-11-5-3-4-7-14-11/h3-8,10H,9H2,1-2H3,(H,16,18). The van der Waals surface area contributed by atoms with Gasteiger partial charge in [0.25, 0.3) is 0 Å². The van der Waals surface area contributed by atoms with Crippen LogP contribution in [0.3, 0.4) is 0 Å². The van der Waals surface area contributed by atoms with Gasteiger partial charge in [0.1, 0.15) is 5.82 Å². The maximum Gasteiger partial charge on any atom is 0.228 e. The minimum Gasteiger partial charge on any atom is -0.311 e. The number of nitrogens with one attached hydrogen (secondary N) is 1. The van der Waals surface area contributed by atoms with Crippen molar-refractivity contribution >= 4 is 11.7 Å². The summed E-state index contributed by atoms with van der Waals surface area (Å²) in [6, 6.07) is 7.51. The third-order valence-electron chi connectivity index (χ3n) is 2.53. The van der Waals surface area contributed by atoms with Crippen molar-refractivity contribution in [1.29, 1.82) is 0 Å². The van der Waals surface area contributed by atoms with Crippen LogP contribution < -0.4 is 5.32 Å². The van der Waals surface area contributed by atoms with Crippen molar-refractivity contribution in [2.45, 2.75) is 20.4 Å². The van der Waals surface area contributed by atoms with Crippen LogP contribution in [-0.4, -0.2) is 20.7 Å². The Hall–Kier alpha value is -2.17. The molecule has 0 saturated heterocycles.